The van der Waals surface area contributed by atoms with Crippen LogP contribution in [0.15, 0.2) is 42.6 Å². The van der Waals surface area contributed by atoms with Gasteiger partial charge in [0.25, 0.3) is 5.91 Å². The van der Waals surface area contributed by atoms with Gasteiger partial charge in [0, 0.05) is 18.8 Å². The first-order valence-electron chi connectivity index (χ1n) is 12.5. The Labute approximate surface area is 220 Å². The molecule has 1 aliphatic heterocycles. The van der Waals surface area contributed by atoms with E-state index < -0.39 is 12.1 Å². The molecule has 0 unspecified atom stereocenters. The van der Waals surface area contributed by atoms with Crippen molar-refractivity contribution in [2.75, 3.05) is 20.2 Å². The SMILES string of the molecule is CCCCCc1ccc(C(=O)N(Cc2ccc(C(=O)OC)cc2)C2CCNCC2)nc1.O=C(O)C(F)(F)F. The van der Waals surface area contributed by atoms with E-state index in [1.165, 1.54) is 25.5 Å². The van der Waals surface area contributed by atoms with Crippen molar-refractivity contribution in [3.63, 3.8) is 0 Å². The van der Waals surface area contributed by atoms with E-state index in [1.807, 2.05) is 35.4 Å². The Hall–Kier alpha value is -3.47. The minimum absolute atomic E-state index is 0.0379. The van der Waals surface area contributed by atoms with Crippen molar-refractivity contribution in [3.05, 3.63) is 65.0 Å². The Kier molecular flexibility index (Phi) is 12.2. The smallest absolute Gasteiger partial charge is 0.475 e. The van der Waals surface area contributed by atoms with Gasteiger partial charge < -0.3 is 20.1 Å². The number of methoxy groups -OCH3 is 1. The lowest BCUT2D eigenvalue weighted by Gasteiger charge is -2.34. The van der Waals surface area contributed by atoms with Crippen LogP contribution >= 0.6 is 0 Å². The topological polar surface area (TPSA) is 109 Å². The number of aromatic nitrogens is 1. The number of nitrogens with zero attached hydrogens (tertiary/aromatic N) is 2. The fraction of sp³-hybridized carbons (Fsp3) is 0.481. The molecule has 11 heteroatoms. The van der Waals surface area contributed by atoms with Crippen LogP contribution in [0.1, 0.15) is 71.0 Å². The summed E-state index contributed by atoms with van der Waals surface area (Å²) in [6, 6.07) is 11.3. The summed E-state index contributed by atoms with van der Waals surface area (Å²) in [5.74, 6) is -3.15. The molecule has 0 spiro atoms. The number of unbranched alkanes of at least 4 members (excludes halogenated alkanes) is 2. The number of esters is 1. The van der Waals surface area contributed by atoms with E-state index in [-0.39, 0.29) is 17.9 Å². The Balaban J connectivity index is 0.000000638. The lowest BCUT2D eigenvalue weighted by Crippen LogP contribution is -2.46. The summed E-state index contributed by atoms with van der Waals surface area (Å²) in [5, 5.41) is 10.5. The van der Waals surface area contributed by atoms with Gasteiger partial charge in [0.05, 0.1) is 12.7 Å². The van der Waals surface area contributed by atoms with Crippen molar-refractivity contribution in [1.82, 2.24) is 15.2 Å². The fourth-order valence-electron chi connectivity index (χ4n) is 3.97. The van der Waals surface area contributed by atoms with Crippen LogP contribution in [0.4, 0.5) is 13.2 Å². The predicted octanol–water partition coefficient (Wildman–Crippen LogP) is 4.63. The molecule has 2 aromatic rings. The van der Waals surface area contributed by atoms with Crippen molar-refractivity contribution in [1.29, 1.82) is 0 Å². The second-order valence-electron chi connectivity index (χ2n) is 8.91. The van der Waals surface area contributed by atoms with Crippen LogP contribution in [0.25, 0.3) is 0 Å². The van der Waals surface area contributed by atoms with E-state index in [4.69, 9.17) is 14.6 Å². The second-order valence-corrected chi connectivity index (χ2v) is 8.91. The average molecular weight is 538 g/mol. The Morgan fingerprint density at radius 2 is 1.66 bits per heavy atom. The molecule has 2 N–H and O–H groups in total. The minimum atomic E-state index is -5.08. The van der Waals surface area contributed by atoms with Gasteiger partial charge in [-0.25, -0.2) is 9.59 Å². The molecule has 1 saturated heterocycles. The highest BCUT2D eigenvalue weighted by Crippen LogP contribution is 2.20. The van der Waals surface area contributed by atoms with Gasteiger partial charge in [-0.15, -0.1) is 0 Å². The van der Waals surface area contributed by atoms with Crippen molar-refractivity contribution in [2.45, 2.75) is 64.2 Å². The number of aryl methyl sites for hydroxylation is 1. The maximum absolute atomic E-state index is 13.4. The number of carboxylic acids is 1. The Morgan fingerprint density at radius 1 is 1.05 bits per heavy atom. The maximum Gasteiger partial charge on any atom is 0.490 e. The lowest BCUT2D eigenvalue weighted by molar-refractivity contribution is -0.192. The number of aliphatic carboxylic acids is 1. The zero-order valence-corrected chi connectivity index (χ0v) is 21.6. The number of carbonyl (C=O) groups excluding carboxylic acids is 2. The van der Waals surface area contributed by atoms with Gasteiger partial charge >= 0.3 is 18.1 Å². The number of ether oxygens (including phenoxy) is 1. The van der Waals surface area contributed by atoms with Gasteiger partial charge in [-0.3, -0.25) is 9.78 Å². The number of nitrogens with one attached hydrogen (secondary N) is 1. The summed E-state index contributed by atoms with van der Waals surface area (Å²) < 4.78 is 36.5. The molecule has 8 nitrogen and oxygen atoms in total. The van der Waals surface area contributed by atoms with E-state index in [2.05, 4.69) is 17.2 Å². The van der Waals surface area contributed by atoms with Crippen LogP contribution in [0, 0.1) is 0 Å². The quantitative estimate of drug-likeness (QED) is 0.355. The van der Waals surface area contributed by atoms with E-state index in [1.54, 1.807) is 12.1 Å². The normalized spacial score (nSPS) is 13.7. The van der Waals surface area contributed by atoms with Gasteiger partial charge in [0.15, 0.2) is 0 Å². The third-order valence-corrected chi connectivity index (χ3v) is 6.09. The molecular formula is C27H34F3N3O5. The van der Waals surface area contributed by atoms with Gasteiger partial charge in [0.1, 0.15) is 5.69 Å². The molecule has 0 atom stereocenters. The highest BCUT2D eigenvalue weighted by Gasteiger charge is 2.38. The summed E-state index contributed by atoms with van der Waals surface area (Å²) in [5.41, 5.74) is 3.16. The molecule has 1 amide bonds. The van der Waals surface area contributed by atoms with Gasteiger partial charge in [-0.1, -0.05) is 38.0 Å². The number of carbonyl (C=O) groups is 3. The number of halogens is 3. The number of piperidine rings is 1. The van der Waals surface area contributed by atoms with Crippen molar-refractivity contribution < 1.29 is 37.4 Å². The number of benzene rings is 1. The molecule has 1 aliphatic rings. The van der Waals surface area contributed by atoms with Crippen LogP contribution < -0.4 is 5.32 Å². The summed E-state index contributed by atoms with van der Waals surface area (Å²) in [6.07, 6.45) is 3.14. The van der Waals surface area contributed by atoms with Crippen molar-refractivity contribution in [2.24, 2.45) is 0 Å². The molecule has 0 saturated carbocycles. The zero-order chi connectivity index (χ0) is 28.1. The van der Waals surface area contributed by atoms with Crippen molar-refractivity contribution >= 4 is 17.8 Å². The third-order valence-electron chi connectivity index (χ3n) is 6.09. The molecule has 0 radical (unpaired) electrons. The number of hydrogen-bond donors (Lipinski definition) is 2. The predicted molar refractivity (Wildman–Crippen MR) is 135 cm³/mol. The molecular weight excluding hydrogens is 503 g/mol. The number of hydrogen-bond acceptors (Lipinski definition) is 6. The van der Waals surface area contributed by atoms with E-state index in [0.717, 1.165) is 44.3 Å². The number of amides is 1. The highest BCUT2D eigenvalue weighted by molar-refractivity contribution is 5.92. The highest BCUT2D eigenvalue weighted by atomic mass is 19.4. The zero-order valence-electron chi connectivity index (χ0n) is 21.6. The first-order chi connectivity index (χ1) is 18.1. The average Bonchev–Trinajstić information content (AvgIpc) is 2.92. The molecule has 2 heterocycles. The standard InChI is InChI=1S/C25H33N3O3.C2HF3O2/c1-3-4-5-6-19-9-12-23(27-17-19)24(29)28(22-13-15-26-16-14-22)18-20-7-10-21(11-8-20)25(30)31-2;3-2(4,5)1(6)7/h7-12,17,22,26H,3-6,13-16,18H2,1-2H3;(H,6,7). The fourth-order valence-corrected chi connectivity index (χ4v) is 3.97. The lowest BCUT2D eigenvalue weighted by atomic mass is 10.0. The summed E-state index contributed by atoms with van der Waals surface area (Å²) in [4.78, 5) is 40.4. The first-order valence-corrected chi connectivity index (χ1v) is 12.5. The summed E-state index contributed by atoms with van der Waals surface area (Å²) >= 11 is 0. The maximum atomic E-state index is 13.4. The van der Waals surface area contributed by atoms with Gasteiger partial charge in [-0.05, 0) is 68.1 Å². The molecule has 0 bridgehead atoms. The molecule has 1 fully saturated rings. The van der Waals surface area contributed by atoms with Crippen LogP contribution in [-0.2, 0) is 22.5 Å². The van der Waals surface area contributed by atoms with Gasteiger partial charge in [-0.2, -0.15) is 13.2 Å². The van der Waals surface area contributed by atoms with Crippen LogP contribution in [0.3, 0.4) is 0 Å². The number of rotatable bonds is 9. The van der Waals surface area contributed by atoms with Crippen LogP contribution in [0.2, 0.25) is 0 Å². The minimum Gasteiger partial charge on any atom is -0.475 e. The first kappa shape index (κ1) is 30.8. The summed E-state index contributed by atoms with van der Waals surface area (Å²) in [6.45, 7) is 4.49. The number of carboxylic acid groups (broad SMARTS) is 1. The van der Waals surface area contributed by atoms with Gasteiger partial charge in [0.2, 0.25) is 0 Å². The third kappa shape index (κ3) is 9.77. The van der Waals surface area contributed by atoms with Crippen LogP contribution in [-0.4, -0.2) is 65.3 Å². The second kappa shape index (κ2) is 15.1. The molecule has 0 aliphatic carbocycles. The Morgan fingerprint density at radius 3 is 2.16 bits per heavy atom. The summed E-state index contributed by atoms with van der Waals surface area (Å²) in [7, 11) is 1.37. The molecule has 1 aromatic heterocycles. The largest absolute Gasteiger partial charge is 0.490 e. The van der Waals surface area contributed by atoms with Crippen LogP contribution in [0.5, 0.6) is 0 Å². The monoisotopic (exact) mass is 537 g/mol. The van der Waals surface area contributed by atoms with Crippen molar-refractivity contribution in [3.8, 4) is 0 Å². The van der Waals surface area contributed by atoms with E-state index in [9.17, 15) is 22.8 Å². The van der Waals surface area contributed by atoms with E-state index >= 15 is 0 Å². The molecule has 38 heavy (non-hydrogen) atoms. The van der Waals surface area contributed by atoms with E-state index in [0.29, 0.717) is 17.8 Å². The molecule has 3 rings (SSSR count). The molecule has 208 valence electrons. The number of pyridine rings is 1. The number of alkyl halides is 3. The molecule has 1 aromatic carbocycles. The Bertz CT molecular complexity index is 1040.